The van der Waals surface area contributed by atoms with Crippen LogP contribution in [0.3, 0.4) is 0 Å². The highest BCUT2D eigenvalue weighted by Gasteiger charge is 2.00. The first-order valence-electron chi connectivity index (χ1n) is 4.41. The minimum Gasteiger partial charge on any atom is -0.394 e. The second-order valence-electron chi connectivity index (χ2n) is 3.18. The van der Waals surface area contributed by atoms with Crippen LogP contribution in [0.2, 0.25) is 5.02 Å². The normalized spacial score (nSPS) is 10.2. The van der Waals surface area contributed by atoms with E-state index in [1.165, 1.54) is 0 Å². The van der Waals surface area contributed by atoms with Crippen LogP contribution in [0.1, 0.15) is 0 Å². The molecule has 76 valence electrons. The summed E-state index contributed by atoms with van der Waals surface area (Å²) < 4.78 is 0. The Hall–Kier alpha value is -1.74. The molecule has 0 saturated heterocycles. The lowest BCUT2D eigenvalue weighted by Crippen LogP contribution is -2.10. The van der Waals surface area contributed by atoms with Crippen LogP contribution < -0.4 is 11.3 Å². The van der Waals surface area contributed by atoms with Gasteiger partial charge in [-0.05, 0) is 23.8 Å². The molecule has 0 bridgehead atoms. The van der Waals surface area contributed by atoms with Crippen LogP contribution in [0.25, 0.3) is 11.1 Å². The zero-order chi connectivity index (χ0) is 10.8. The van der Waals surface area contributed by atoms with E-state index in [0.717, 1.165) is 11.1 Å². The number of halogens is 1. The lowest BCUT2D eigenvalue weighted by Gasteiger charge is -2.02. The zero-order valence-electron chi connectivity index (χ0n) is 7.83. The Bertz CT molecular complexity index is 531. The maximum atomic E-state index is 11.1. The van der Waals surface area contributed by atoms with Gasteiger partial charge in [0.25, 0.3) is 5.56 Å². The van der Waals surface area contributed by atoms with E-state index in [9.17, 15) is 4.79 Å². The van der Waals surface area contributed by atoms with E-state index < -0.39 is 0 Å². The number of nitrogens with one attached hydrogen (secondary N) is 1. The molecule has 1 heterocycles. The highest BCUT2D eigenvalue weighted by Crippen LogP contribution is 2.20. The van der Waals surface area contributed by atoms with Crippen molar-refractivity contribution in [3.05, 3.63) is 51.9 Å². The van der Waals surface area contributed by atoms with Crippen molar-refractivity contribution < 1.29 is 0 Å². The van der Waals surface area contributed by atoms with Crippen LogP contribution >= 0.6 is 11.6 Å². The van der Waals surface area contributed by atoms with Gasteiger partial charge >= 0.3 is 0 Å². The van der Waals surface area contributed by atoms with Gasteiger partial charge in [0.05, 0.1) is 5.69 Å². The Kier molecular flexibility index (Phi) is 2.47. The maximum Gasteiger partial charge on any atom is 0.271 e. The highest BCUT2D eigenvalue weighted by atomic mass is 35.5. The Labute approximate surface area is 91.5 Å². The molecule has 0 fully saturated rings. The Morgan fingerprint density at radius 1 is 1.13 bits per heavy atom. The number of nitrogens with two attached hydrogens (primary N) is 1. The molecule has 1 aromatic carbocycles. The number of pyridine rings is 1. The average Bonchev–Trinajstić information content (AvgIpc) is 2.23. The molecule has 0 atom stereocenters. The van der Waals surface area contributed by atoms with Gasteiger partial charge in [-0.2, -0.15) is 0 Å². The summed E-state index contributed by atoms with van der Waals surface area (Å²) >= 11 is 5.77. The largest absolute Gasteiger partial charge is 0.394 e. The molecule has 0 unspecified atom stereocenters. The summed E-state index contributed by atoms with van der Waals surface area (Å²) in [6.07, 6.45) is 1.63. The maximum absolute atomic E-state index is 11.1. The zero-order valence-corrected chi connectivity index (χ0v) is 8.58. The summed E-state index contributed by atoms with van der Waals surface area (Å²) in [7, 11) is 0. The van der Waals surface area contributed by atoms with Gasteiger partial charge in [0.15, 0.2) is 0 Å². The molecule has 15 heavy (non-hydrogen) atoms. The SMILES string of the molecule is Nc1cc(-c2ccc(Cl)cc2)c[nH]c1=O. The van der Waals surface area contributed by atoms with E-state index in [0.29, 0.717) is 5.02 Å². The predicted molar refractivity (Wildman–Crippen MR) is 61.9 cm³/mol. The molecule has 0 spiro atoms. The lowest BCUT2D eigenvalue weighted by atomic mass is 10.1. The molecule has 0 aliphatic rings. The summed E-state index contributed by atoms with van der Waals surface area (Å²) in [4.78, 5) is 13.6. The van der Waals surface area contributed by atoms with Crippen molar-refractivity contribution in [3.8, 4) is 11.1 Å². The van der Waals surface area contributed by atoms with Gasteiger partial charge in [-0.1, -0.05) is 23.7 Å². The number of anilines is 1. The van der Waals surface area contributed by atoms with E-state index in [-0.39, 0.29) is 11.2 Å². The summed E-state index contributed by atoms with van der Waals surface area (Å²) in [5, 5.41) is 0.677. The minimum atomic E-state index is -0.271. The molecule has 1 aromatic heterocycles. The van der Waals surface area contributed by atoms with E-state index in [1.54, 1.807) is 24.4 Å². The number of benzene rings is 1. The third-order valence-electron chi connectivity index (χ3n) is 2.11. The summed E-state index contributed by atoms with van der Waals surface area (Å²) in [6.45, 7) is 0. The molecule has 0 amide bonds. The number of hydrogen-bond acceptors (Lipinski definition) is 2. The lowest BCUT2D eigenvalue weighted by molar-refractivity contribution is 1.25. The number of aromatic nitrogens is 1. The highest BCUT2D eigenvalue weighted by molar-refractivity contribution is 6.30. The summed E-state index contributed by atoms with van der Waals surface area (Å²) in [6, 6.07) is 8.96. The fraction of sp³-hybridized carbons (Fsp3) is 0. The summed E-state index contributed by atoms with van der Waals surface area (Å²) in [5.41, 5.74) is 7.28. The van der Waals surface area contributed by atoms with Crippen LogP contribution in [0, 0.1) is 0 Å². The van der Waals surface area contributed by atoms with Crippen molar-refractivity contribution in [2.45, 2.75) is 0 Å². The second-order valence-corrected chi connectivity index (χ2v) is 3.62. The Balaban J connectivity index is 2.50. The molecule has 0 saturated carbocycles. The first kappa shape index (κ1) is 9.80. The van der Waals surface area contributed by atoms with Gasteiger partial charge in [-0.25, -0.2) is 0 Å². The number of H-pyrrole nitrogens is 1. The molecule has 4 heteroatoms. The molecular weight excluding hydrogens is 212 g/mol. The summed E-state index contributed by atoms with van der Waals surface area (Å²) in [5.74, 6) is 0. The molecule has 0 radical (unpaired) electrons. The van der Waals surface area contributed by atoms with Gasteiger partial charge in [0, 0.05) is 16.8 Å². The van der Waals surface area contributed by atoms with Crippen LogP contribution in [-0.4, -0.2) is 4.98 Å². The molecule has 2 aromatic rings. The number of hydrogen-bond donors (Lipinski definition) is 2. The van der Waals surface area contributed by atoms with Gasteiger partial charge in [0.1, 0.15) is 0 Å². The van der Waals surface area contributed by atoms with Crippen LogP contribution in [-0.2, 0) is 0 Å². The van der Waals surface area contributed by atoms with Crippen molar-refractivity contribution in [2.24, 2.45) is 0 Å². The van der Waals surface area contributed by atoms with Gasteiger partial charge < -0.3 is 10.7 Å². The molecule has 3 nitrogen and oxygen atoms in total. The van der Waals surface area contributed by atoms with Crippen molar-refractivity contribution in [1.82, 2.24) is 4.98 Å². The van der Waals surface area contributed by atoms with Crippen LogP contribution in [0.5, 0.6) is 0 Å². The first-order chi connectivity index (χ1) is 7.16. The van der Waals surface area contributed by atoms with E-state index >= 15 is 0 Å². The van der Waals surface area contributed by atoms with Gasteiger partial charge in [0.2, 0.25) is 0 Å². The molecule has 0 aliphatic heterocycles. The number of rotatable bonds is 1. The van der Waals surface area contributed by atoms with Crippen molar-refractivity contribution >= 4 is 17.3 Å². The van der Waals surface area contributed by atoms with Crippen molar-refractivity contribution in [3.63, 3.8) is 0 Å². The third kappa shape index (κ3) is 2.02. The molecule has 0 aliphatic carbocycles. The number of nitrogen functional groups attached to an aromatic ring is 1. The first-order valence-corrected chi connectivity index (χ1v) is 4.79. The smallest absolute Gasteiger partial charge is 0.271 e. The standard InChI is InChI=1S/C11H9ClN2O/c12-9-3-1-7(2-4-9)8-5-10(13)11(15)14-6-8/h1-6H,13H2,(H,14,15). The second kappa shape index (κ2) is 3.79. The molecule has 3 N–H and O–H groups in total. The van der Waals surface area contributed by atoms with Crippen molar-refractivity contribution in [1.29, 1.82) is 0 Å². The fourth-order valence-corrected chi connectivity index (χ4v) is 1.44. The van der Waals surface area contributed by atoms with Crippen molar-refractivity contribution in [2.75, 3.05) is 5.73 Å². The topological polar surface area (TPSA) is 58.9 Å². The fourth-order valence-electron chi connectivity index (χ4n) is 1.31. The Morgan fingerprint density at radius 3 is 2.40 bits per heavy atom. The van der Waals surface area contributed by atoms with E-state index in [2.05, 4.69) is 4.98 Å². The van der Waals surface area contributed by atoms with Gasteiger partial charge in [-0.3, -0.25) is 4.79 Å². The Morgan fingerprint density at radius 2 is 1.80 bits per heavy atom. The van der Waals surface area contributed by atoms with E-state index in [1.807, 2.05) is 12.1 Å². The van der Waals surface area contributed by atoms with Crippen LogP contribution in [0.15, 0.2) is 41.3 Å². The van der Waals surface area contributed by atoms with E-state index in [4.69, 9.17) is 17.3 Å². The predicted octanol–water partition coefficient (Wildman–Crippen LogP) is 2.28. The minimum absolute atomic E-state index is 0.211. The van der Waals surface area contributed by atoms with Gasteiger partial charge in [-0.15, -0.1) is 0 Å². The molecule has 2 rings (SSSR count). The molecular formula is C11H9ClN2O. The van der Waals surface area contributed by atoms with Crippen LogP contribution in [0.4, 0.5) is 5.69 Å². The third-order valence-corrected chi connectivity index (χ3v) is 2.36. The quantitative estimate of drug-likeness (QED) is 0.775. The monoisotopic (exact) mass is 220 g/mol. The average molecular weight is 221 g/mol. The number of aromatic amines is 1.